The fraction of sp³-hybridized carbons (Fsp3) is 0.235. The van der Waals surface area contributed by atoms with Gasteiger partial charge in [-0.15, -0.1) is 0 Å². The summed E-state index contributed by atoms with van der Waals surface area (Å²) in [6, 6.07) is 15.1. The van der Waals surface area contributed by atoms with Crippen LogP contribution in [0, 0.1) is 0 Å². The van der Waals surface area contributed by atoms with Gasteiger partial charge in [0.1, 0.15) is 0 Å². The molecule has 21 heavy (non-hydrogen) atoms. The van der Waals surface area contributed by atoms with E-state index in [-0.39, 0.29) is 5.91 Å². The first-order chi connectivity index (χ1) is 10.1. The summed E-state index contributed by atoms with van der Waals surface area (Å²) in [5.74, 6) is -0.00530. The molecule has 0 atom stereocenters. The van der Waals surface area contributed by atoms with E-state index in [9.17, 15) is 4.79 Å². The van der Waals surface area contributed by atoms with Crippen LogP contribution in [0.2, 0.25) is 5.02 Å². The average molecular weight is 303 g/mol. The molecule has 4 heteroatoms. The van der Waals surface area contributed by atoms with Gasteiger partial charge in [-0.3, -0.25) is 4.79 Å². The van der Waals surface area contributed by atoms with Crippen LogP contribution in [0.3, 0.4) is 0 Å². The van der Waals surface area contributed by atoms with Crippen LogP contribution in [-0.2, 0) is 13.0 Å². The van der Waals surface area contributed by atoms with E-state index in [0.29, 0.717) is 23.7 Å². The zero-order chi connectivity index (χ0) is 15.2. The van der Waals surface area contributed by atoms with Crippen molar-refractivity contribution < 1.29 is 4.79 Å². The molecule has 0 spiro atoms. The van der Waals surface area contributed by atoms with Gasteiger partial charge in [0.15, 0.2) is 0 Å². The van der Waals surface area contributed by atoms with E-state index in [1.54, 1.807) is 11.9 Å². The van der Waals surface area contributed by atoms with Crippen LogP contribution in [0.1, 0.15) is 21.5 Å². The minimum Gasteiger partial charge on any atom is -0.337 e. The molecule has 0 fully saturated rings. The quantitative estimate of drug-likeness (QED) is 0.922. The predicted molar refractivity (Wildman–Crippen MR) is 86.4 cm³/mol. The summed E-state index contributed by atoms with van der Waals surface area (Å²) in [5.41, 5.74) is 8.36. The number of halogens is 1. The molecule has 2 aromatic carbocycles. The molecule has 0 aromatic heterocycles. The van der Waals surface area contributed by atoms with Crippen molar-refractivity contribution in [1.82, 2.24) is 4.90 Å². The number of benzene rings is 2. The van der Waals surface area contributed by atoms with Crippen LogP contribution in [-0.4, -0.2) is 24.4 Å². The molecular weight excluding hydrogens is 284 g/mol. The highest BCUT2D eigenvalue weighted by Crippen LogP contribution is 2.14. The van der Waals surface area contributed by atoms with Gasteiger partial charge in [-0.05, 0) is 48.4 Å². The molecule has 0 saturated heterocycles. The first-order valence-electron chi connectivity index (χ1n) is 6.89. The Kier molecular flexibility index (Phi) is 5.37. The van der Waals surface area contributed by atoms with E-state index in [1.807, 2.05) is 48.5 Å². The molecule has 0 aliphatic carbocycles. The zero-order valence-electron chi connectivity index (χ0n) is 12.1. The van der Waals surface area contributed by atoms with Crippen molar-refractivity contribution >= 4 is 17.5 Å². The van der Waals surface area contributed by atoms with Crippen molar-refractivity contribution in [3.8, 4) is 0 Å². The van der Waals surface area contributed by atoms with Crippen LogP contribution in [0.4, 0.5) is 0 Å². The molecule has 3 nitrogen and oxygen atoms in total. The molecule has 2 aromatic rings. The van der Waals surface area contributed by atoms with Gasteiger partial charge in [-0.25, -0.2) is 0 Å². The number of carbonyl (C=O) groups is 1. The van der Waals surface area contributed by atoms with Gasteiger partial charge in [0.2, 0.25) is 0 Å². The monoisotopic (exact) mass is 302 g/mol. The highest BCUT2D eigenvalue weighted by molar-refractivity contribution is 6.30. The maximum Gasteiger partial charge on any atom is 0.253 e. The predicted octanol–water partition coefficient (Wildman–Crippen LogP) is 3.11. The standard InChI is InChI=1S/C17H19ClN2O/c1-20(12-14-3-2-4-16(18)11-14)17(21)15-7-5-13(6-8-15)9-10-19/h2-8,11H,9-10,12,19H2,1H3. The van der Waals surface area contributed by atoms with Crippen molar-refractivity contribution in [2.75, 3.05) is 13.6 Å². The minimum atomic E-state index is -0.00530. The van der Waals surface area contributed by atoms with Crippen LogP contribution >= 0.6 is 11.6 Å². The van der Waals surface area contributed by atoms with E-state index < -0.39 is 0 Å². The Labute approximate surface area is 130 Å². The number of rotatable bonds is 5. The fourth-order valence-electron chi connectivity index (χ4n) is 2.18. The maximum atomic E-state index is 12.4. The molecule has 2 N–H and O–H groups in total. The molecule has 0 bridgehead atoms. The SMILES string of the molecule is CN(Cc1cccc(Cl)c1)C(=O)c1ccc(CCN)cc1. The van der Waals surface area contributed by atoms with Crippen LogP contribution in [0.5, 0.6) is 0 Å². The molecule has 0 unspecified atom stereocenters. The van der Waals surface area contributed by atoms with Crippen molar-refractivity contribution in [2.45, 2.75) is 13.0 Å². The van der Waals surface area contributed by atoms with Gasteiger partial charge in [0, 0.05) is 24.2 Å². The summed E-state index contributed by atoms with van der Waals surface area (Å²) in [6.07, 6.45) is 0.826. The number of nitrogens with two attached hydrogens (primary N) is 1. The third-order valence-electron chi connectivity index (χ3n) is 3.29. The van der Waals surface area contributed by atoms with Crippen molar-refractivity contribution in [3.05, 3.63) is 70.2 Å². The Hall–Kier alpha value is -1.84. The maximum absolute atomic E-state index is 12.4. The number of amides is 1. The number of hydrogen-bond donors (Lipinski definition) is 1. The summed E-state index contributed by atoms with van der Waals surface area (Å²) in [7, 11) is 1.79. The van der Waals surface area contributed by atoms with Gasteiger partial charge in [-0.1, -0.05) is 35.9 Å². The Morgan fingerprint density at radius 1 is 1.14 bits per heavy atom. The second kappa shape index (κ2) is 7.25. The molecule has 0 aliphatic heterocycles. The molecule has 0 aliphatic rings. The lowest BCUT2D eigenvalue weighted by atomic mass is 10.1. The van der Waals surface area contributed by atoms with Crippen LogP contribution < -0.4 is 5.73 Å². The summed E-state index contributed by atoms with van der Waals surface area (Å²) < 4.78 is 0. The van der Waals surface area contributed by atoms with Gasteiger partial charge >= 0.3 is 0 Å². The topological polar surface area (TPSA) is 46.3 Å². The highest BCUT2D eigenvalue weighted by Gasteiger charge is 2.12. The van der Waals surface area contributed by atoms with E-state index in [0.717, 1.165) is 17.5 Å². The Bertz CT molecular complexity index is 610. The van der Waals surface area contributed by atoms with Crippen molar-refractivity contribution in [1.29, 1.82) is 0 Å². The van der Waals surface area contributed by atoms with Crippen LogP contribution in [0.15, 0.2) is 48.5 Å². The lowest BCUT2D eigenvalue weighted by molar-refractivity contribution is 0.0785. The smallest absolute Gasteiger partial charge is 0.253 e. The van der Waals surface area contributed by atoms with E-state index in [1.165, 1.54) is 0 Å². The average Bonchev–Trinajstić information content (AvgIpc) is 2.47. The van der Waals surface area contributed by atoms with Gasteiger partial charge in [0.25, 0.3) is 5.91 Å². The second-order valence-corrected chi connectivity index (χ2v) is 5.46. The zero-order valence-corrected chi connectivity index (χ0v) is 12.8. The lowest BCUT2D eigenvalue weighted by Crippen LogP contribution is -2.26. The first kappa shape index (κ1) is 15.5. The second-order valence-electron chi connectivity index (χ2n) is 5.03. The molecule has 0 radical (unpaired) electrons. The molecule has 1 amide bonds. The molecule has 0 saturated carbocycles. The highest BCUT2D eigenvalue weighted by atomic mass is 35.5. The van der Waals surface area contributed by atoms with Gasteiger partial charge in [0.05, 0.1) is 0 Å². The van der Waals surface area contributed by atoms with Crippen molar-refractivity contribution in [2.24, 2.45) is 5.73 Å². The summed E-state index contributed by atoms with van der Waals surface area (Å²) in [4.78, 5) is 14.1. The van der Waals surface area contributed by atoms with E-state index in [2.05, 4.69) is 0 Å². The Morgan fingerprint density at radius 2 is 1.86 bits per heavy atom. The van der Waals surface area contributed by atoms with Gasteiger partial charge < -0.3 is 10.6 Å². The third-order valence-corrected chi connectivity index (χ3v) is 3.52. The largest absolute Gasteiger partial charge is 0.337 e. The summed E-state index contributed by atoms with van der Waals surface area (Å²) in [5, 5.41) is 0.680. The summed E-state index contributed by atoms with van der Waals surface area (Å²) >= 11 is 5.96. The molecule has 2 rings (SSSR count). The number of nitrogens with zero attached hydrogens (tertiary/aromatic N) is 1. The van der Waals surface area contributed by atoms with E-state index >= 15 is 0 Å². The number of carbonyl (C=O) groups excluding carboxylic acids is 1. The Balaban J connectivity index is 2.04. The van der Waals surface area contributed by atoms with Crippen molar-refractivity contribution in [3.63, 3.8) is 0 Å². The lowest BCUT2D eigenvalue weighted by Gasteiger charge is -2.17. The third kappa shape index (κ3) is 4.31. The molecule has 110 valence electrons. The Morgan fingerprint density at radius 3 is 2.48 bits per heavy atom. The van der Waals surface area contributed by atoms with Gasteiger partial charge in [-0.2, -0.15) is 0 Å². The first-order valence-corrected chi connectivity index (χ1v) is 7.27. The molecule has 0 heterocycles. The fourth-order valence-corrected chi connectivity index (χ4v) is 2.39. The minimum absolute atomic E-state index is 0.00530. The van der Waals surface area contributed by atoms with Crippen LogP contribution in [0.25, 0.3) is 0 Å². The summed E-state index contributed by atoms with van der Waals surface area (Å²) in [6.45, 7) is 1.14. The van der Waals surface area contributed by atoms with E-state index in [4.69, 9.17) is 17.3 Å². The normalized spacial score (nSPS) is 10.4. The number of hydrogen-bond acceptors (Lipinski definition) is 2. The molecular formula is C17H19ClN2O.